The first-order valence-electron chi connectivity index (χ1n) is 5.13. The molecular formula is C10H21NS. The lowest BCUT2D eigenvalue weighted by molar-refractivity contribution is 0.550. The van der Waals surface area contributed by atoms with E-state index in [2.05, 4.69) is 37.8 Å². The molecule has 1 N–H and O–H groups in total. The summed E-state index contributed by atoms with van der Waals surface area (Å²) in [4.78, 5) is 0. The highest BCUT2D eigenvalue weighted by atomic mass is 32.2. The van der Waals surface area contributed by atoms with E-state index in [1.54, 1.807) is 0 Å². The highest BCUT2D eigenvalue weighted by Gasteiger charge is 2.27. The molecule has 0 aliphatic heterocycles. The third kappa shape index (κ3) is 2.98. The van der Waals surface area contributed by atoms with Crippen molar-refractivity contribution in [3.05, 3.63) is 0 Å². The van der Waals surface area contributed by atoms with Crippen LogP contribution >= 0.6 is 11.8 Å². The Morgan fingerprint density at radius 2 is 2.17 bits per heavy atom. The summed E-state index contributed by atoms with van der Waals surface area (Å²) in [5.74, 6) is 0. The van der Waals surface area contributed by atoms with Crippen LogP contribution < -0.4 is 5.32 Å². The van der Waals surface area contributed by atoms with Crippen molar-refractivity contribution in [2.45, 2.75) is 56.6 Å². The molecule has 0 radical (unpaired) electrons. The molecule has 0 aromatic rings. The van der Waals surface area contributed by atoms with Crippen LogP contribution in [0.4, 0.5) is 0 Å². The highest BCUT2D eigenvalue weighted by Crippen LogP contribution is 2.32. The summed E-state index contributed by atoms with van der Waals surface area (Å²) < 4.78 is 0. The molecule has 0 heterocycles. The maximum atomic E-state index is 3.58. The molecule has 0 spiro atoms. The molecule has 1 fully saturated rings. The zero-order valence-electron chi connectivity index (χ0n) is 8.47. The van der Waals surface area contributed by atoms with Crippen molar-refractivity contribution in [2.75, 3.05) is 6.54 Å². The molecule has 0 amide bonds. The summed E-state index contributed by atoms with van der Waals surface area (Å²) >= 11 is 2.15. The van der Waals surface area contributed by atoms with Crippen LogP contribution in [-0.2, 0) is 0 Å². The number of rotatable bonds is 4. The van der Waals surface area contributed by atoms with Crippen LogP contribution in [0.5, 0.6) is 0 Å². The molecule has 2 heteroatoms. The van der Waals surface area contributed by atoms with Crippen LogP contribution in [0.15, 0.2) is 0 Å². The Bertz CT molecular complexity index is 125. The molecule has 0 saturated heterocycles. The second kappa shape index (κ2) is 5.13. The normalized spacial score (nSPS) is 30.0. The van der Waals surface area contributed by atoms with Gasteiger partial charge in [-0.1, -0.05) is 27.2 Å². The van der Waals surface area contributed by atoms with Gasteiger partial charge in [0.05, 0.1) is 0 Å². The third-order valence-electron chi connectivity index (χ3n) is 2.37. The molecular weight excluding hydrogens is 166 g/mol. The van der Waals surface area contributed by atoms with E-state index in [0.717, 1.165) is 23.1 Å². The van der Waals surface area contributed by atoms with Gasteiger partial charge in [-0.25, -0.2) is 0 Å². The molecule has 1 nitrogen and oxygen atoms in total. The quantitative estimate of drug-likeness (QED) is 0.726. The van der Waals surface area contributed by atoms with Gasteiger partial charge in [0.25, 0.3) is 0 Å². The molecule has 0 bridgehead atoms. The Balaban J connectivity index is 2.30. The van der Waals surface area contributed by atoms with Gasteiger partial charge in [0, 0.05) is 11.3 Å². The fourth-order valence-corrected chi connectivity index (χ4v) is 3.36. The summed E-state index contributed by atoms with van der Waals surface area (Å²) in [5.41, 5.74) is 0. The first-order valence-corrected chi connectivity index (χ1v) is 6.07. The van der Waals surface area contributed by atoms with Crippen molar-refractivity contribution in [1.29, 1.82) is 0 Å². The molecule has 1 aliphatic carbocycles. The molecule has 1 saturated carbocycles. The van der Waals surface area contributed by atoms with Gasteiger partial charge >= 0.3 is 0 Å². The number of thioether (sulfide) groups is 1. The molecule has 2 atom stereocenters. The predicted octanol–water partition coefficient (Wildman–Crippen LogP) is 2.66. The van der Waals surface area contributed by atoms with E-state index in [-0.39, 0.29) is 0 Å². The average Bonchev–Trinajstić information content (AvgIpc) is 2.37. The summed E-state index contributed by atoms with van der Waals surface area (Å²) in [6.07, 6.45) is 4.22. The zero-order chi connectivity index (χ0) is 8.97. The molecule has 1 aliphatic rings. The van der Waals surface area contributed by atoms with Crippen molar-refractivity contribution in [3.63, 3.8) is 0 Å². The molecule has 0 aromatic heterocycles. The lowest BCUT2D eigenvalue weighted by atomic mass is 10.2. The standard InChI is InChI=1S/C10H21NS/c1-4-11-9-6-5-7-10(9)12-8(2)3/h8-11H,4-7H2,1-3H3. The Labute approximate surface area is 80.7 Å². The highest BCUT2D eigenvalue weighted by molar-refractivity contribution is 8.00. The maximum Gasteiger partial charge on any atom is 0.0203 e. The summed E-state index contributed by atoms with van der Waals surface area (Å²) in [6.45, 7) is 7.92. The monoisotopic (exact) mass is 187 g/mol. The Kier molecular flexibility index (Phi) is 4.44. The van der Waals surface area contributed by atoms with E-state index in [9.17, 15) is 0 Å². The second-order valence-electron chi connectivity index (χ2n) is 3.82. The van der Waals surface area contributed by atoms with Crippen LogP contribution in [0.1, 0.15) is 40.0 Å². The molecule has 12 heavy (non-hydrogen) atoms. The molecule has 1 rings (SSSR count). The van der Waals surface area contributed by atoms with E-state index in [0.29, 0.717) is 0 Å². The van der Waals surface area contributed by atoms with Gasteiger partial charge in [-0.3, -0.25) is 0 Å². The van der Waals surface area contributed by atoms with E-state index >= 15 is 0 Å². The van der Waals surface area contributed by atoms with Crippen molar-refractivity contribution < 1.29 is 0 Å². The topological polar surface area (TPSA) is 12.0 Å². The second-order valence-corrected chi connectivity index (χ2v) is 5.64. The van der Waals surface area contributed by atoms with Crippen LogP contribution in [0, 0.1) is 0 Å². The smallest absolute Gasteiger partial charge is 0.0203 e. The molecule has 2 unspecified atom stereocenters. The minimum absolute atomic E-state index is 0.786. The number of nitrogens with one attached hydrogen (secondary N) is 1. The zero-order valence-corrected chi connectivity index (χ0v) is 9.29. The third-order valence-corrected chi connectivity index (χ3v) is 3.82. The minimum Gasteiger partial charge on any atom is -0.313 e. The van der Waals surface area contributed by atoms with E-state index in [4.69, 9.17) is 0 Å². The van der Waals surface area contributed by atoms with Crippen molar-refractivity contribution in [2.24, 2.45) is 0 Å². The van der Waals surface area contributed by atoms with Crippen molar-refractivity contribution in [3.8, 4) is 0 Å². The van der Waals surface area contributed by atoms with E-state index in [1.807, 2.05) is 0 Å². The Morgan fingerprint density at radius 1 is 1.42 bits per heavy atom. The molecule has 0 aromatic carbocycles. The minimum atomic E-state index is 0.786. The van der Waals surface area contributed by atoms with Crippen LogP contribution in [0.25, 0.3) is 0 Å². The Morgan fingerprint density at radius 3 is 2.75 bits per heavy atom. The fraction of sp³-hybridized carbons (Fsp3) is 1.00. The first-order chi connectivity index (χ1) is 5.74. The van der Waals surface area contributed by atoms with Gasteiger partial charge in [-0.05, 0) is 24.6 Å². The van der Waals surface area contributed by atoms with Gasteiger partial charge in [0.1, 0.15) is 0 Å². The van der Waals surface area contributed by atoms with E-state index in [1.165, 1.54) is 19.3 Å². The van der Waals surface area contributed by atoms with Crippen LogP contribution in [-0.4, -0.2) is 23.1 Å². The first kappa shape index (κ1) is 10.4. The van der Waals surface area contributed by atoms with Crippen molar-refractivity contribution >= 4 is 11.8 Å². The van der Waals surface area contributed by atoms with E-state index < -0.39 is 0 Å². The lowest BCUT2D eigenvalue weighted by Crippen LogP contribution is -2.34. The summed E-state index contributed by atoms with van der Waals surface area (Å²) in [6, 6.07) is 0.794. The van der Waals surface area contributed by atoms with Gasteiger partial charge in [0.2, 0.25) is 0 Å². The van der Waals surface area contributed by atoms with Gasteiger partial charge in [-0.15, -0.1) is 0 Å². The fourth-order valence-electron chi connectivity index (χ4n) is 1.93. The van der Waals surface area contributed by atoms with Gasteiger partial charge in [0.15, 0.2) is 0 Å². The largest absolute Gasteiger partial charge is 0.313 e. The summed E-state index contributed by atoms with van der Waals surface area (Å²) in [5, 5.41) is 5.25. The van der Waals surface area contributed by atoms with Crippen LogP contribution in [0.3, 0.4) is 0 Å². The maximum absolute atomic E-state index is 3.58. The molecule has 72 valence electrons. The lowest BCUT2D eigenvalue weighted by Gasteiger charge is -2.21. The number of hydrogen-bond donors (Lipinski definition) is 1. The van der Waals surface area contributed by atoms with Crippen LogP contribution in [0.2, 0.25) is 0 Å². The predicted molar refractivity (Wildman–Crippen MR) is 57.8 cm³/mol. The Hall–Kier alpha value is 0.310. The van der Waals surface area contributed by atoms with Gasteiger partial charge < -0.3 is 5.32 Å². The number of hydrogen-bond acceptors (Lipinski definition) is 2. The van der Waals surface area contributed by atoms with Gasteiger partial charge in [-0.2, -0.15) is 11.8 Å². The SMILES string of the molecule is CCNC1CCCC1SC(C)C. The summed E-state index contributed by atoms with van der Waals surface area (Å²) in [7, 11) is 0. The van der Waals surface area contributed by atoms with Crippen molar-refractivity contribution in [1.82, 2.24) is 5.32 Å². The average molecular weight is 187 g/mol.